The van der Waals surface area contributed by atoms with Crippen molar-refractivity contribution in [3.8, 4) is 12.3 Å². The number of aryl methyl sites for hydroxylation is 1. The molecule has 0 aromatic heterocycles. The zero-order valence-corrected chi connectivity index (χ0v) is 18.2. The number of nitrogens with zero attached hydrogens (tertiary/aromatic N) is 1. The molecule has 0 saturated heterocycles. The Morgan fingerprint density at radius 3 is 2.68 bits per heavy atom. The first-order chi connectivity index (χ1) is 13.0. The van der Waals surface area contributed by atoms with Crippen LogP contribution in [0.2, 0.25) is 0 Å². The second-order valence-corrected chi connectivity index (χ2v) is 5.95. The van der Waals surface area contributed by atoms with E-state index in [1.165, 1.54) is 12.1 Å². The summed E-state index contributed by atoms with van der Waals surface area (Å²) in [5, 5.41) is 8.87. The molecule has 0 radical (unpaired) electrons. The van der Waals surface area contributed by atoms with Gasteiger partial charge in [0, 0.05) is 24.8 Å². The summed E-state index contributed by atoms with van der Waals surface area (Å²) in [6.45, 7) is 2.55. The Labute approximate surface area is 182 Å². The topological polar surface area (TPSA) is 65.5 Å². The van der Waals surface area contributed by atoms with E-state index < -0.39 is 0 Å². The van der Waals surface area contributed by atoms with Gasteiger partial charge in [-0.15, -0.1) is 30.4 Å². The molecule has 0 bridgehead atoms. The molecule has 0 spiro atoms. The van der Waals surface area contributed by atoms with Gasteiger partial charge in [0.1, 0.15) is 5.82 Å². The molecule has 5 nitrogen and oxygen atoms in total. The average Bonchev–Trinajstić information content (AvgIpc) is 2.66. The van der Waals surface area contributed by atoms with Crippen molar-refractivity contribution in [2.24, 2.45) is 4.99 Å². The third-order valence-corrected chi connectivity index (χ3v) is 3.94. The van der Waals surface area contributed by atoms with E-state index >= 15 is 0 Å². The first-order valence-electron chi connectivity index (χ1n) is 8.58. The van der Waals surface area contributed by atoms with Gasteiger partial charge in [-0.3, -0.25) is 9.79 Å². The number of nitrogens with one attached hydrogen (secondary N) is 3. The number of halogens is 2. The lowest BCUT2D eigenvalue weighted by Crippen LogP contribution is -2.42. The standard InChI is InChI=1S/C21H23FN4O.HI/c1-4-16-6-5-7-19(13-16)26-20(27)14-25-21(23-3)24-11-10-17-8-9-18(22)12-15(17)2;/h1,5-9,12-13H,10-11,14H2,2-3H3,(H,26,27)(H2,23,24,25);1H. The lowest BCUT2D eigenvalue weighted by Gasteiger charge is -2.13. The van der Waals surface area contributed by atoms with Crippen molar-refractivity contribution < 1.29 is 9.18 Å². The van der Waals surface area contributed by atoms with Gasteiger partial charge in [0.2, 0.25) is 5.91 Å². The summed E-state index contributed by atoms with van der Waals surface area (Å²) < 4.78 is 13.1. The molecule has 28 heavy (non-hydrogen) atoms. The maximum atomic E-state index is 13.1. The molecule has 2 aromatic carbocycles. The van der Waals surface area contributed by atoms with Gasteiger partial charge < -0.3 is 16.0 Å². The van der Waals surface area contributed by atoms with Crippen LogP contribution in [0.15, 0.2) is 47.5 Å². The number of anilines is 1. The fourth-order valence-corrected chi connectivity index (χ4v) is 2.53. The van der Waals surface area contributed by atoms with Crippen molar-refractivity contribution in [3.63, 3.8) is 0 Å². The number of rotatable bonds is 6. The van der Waals surface area contributed by atoms with Crippen LogP contribution in [0.25, 0.3) is 0 Å². The van der Waals surface area contributed by atoms with Crippen molar-refractivity contribution in [1.82, 2.24) is 10.6 Å². The normalized spacial score (nSPS) is 10.4. The third-order valence-electron chi connectivity index (χ3n) is 3.94. The maximum absolute atomic E-state index is 13.1. The van der Waals surface area contributed by atoms with Crippen LogP contribution in [-0.2, 0) is 11.2 Å². The minimum atomic E-state index is -0.236. The largest absolute Gasteiger partial charge is 0.356 e. The SMILES string of the molecule is C#Cc1cccc(NC(=O)CNC(=NC)NCCc2ccc(F)cc2C)c1.I. The molecule has 2 rings (SSSR count). The molecule has 0 fully saturated rings. The summed E-state index contributed by atoms with van der Waals surface area (Å²) >= 11 is 0. The van der Waals surface area contributed by atoms with Crippen LogP contribution in [0.5, 0.6) is 0 Å². The number of benzene rings is 2. The van der Waals surface area contributed by atoms with Gasteiger partial charge in [-0.05, 0) is 54.8 Å². The Bertz CT molecular complexity index is 877. The Balaban J connectivity index is 0.00000392. The van der Waals surface area contributed by atoms with E-state index in [1.807, 2.05) is 6.92 Å². The monoisotopic (exact) mass is 494 g/mol. The van der Waals surface area contributed by atoms with Crippen LogP contribution in [-0.4, -0.2) is 32.0 Å². The molecule has 0 aliphatic carbocycles. The van der Waals surface area contributed by atoms with Crippen molar-refractivity contribution in [2.75, 3.05) is 25.5 Å². The summed E-state index contributed by atoms with van der Waals surface area (Å²) in [7, 11) is 1.63. The summed E-state index contributed by atoms with van der Waals surface area (Å²) in [5.41, 5.74) is 3.32. The number of hydrogen-bond acceptors (Lipinski definition) is 2. The highest BCUT2D eigenvalue weighted by Gasteiger charge is 2.05. The molecule has 0 aliphatic rings. The highest BCUT2D eigenvalue weighted by atomic mass is 127. The van der Waals surface area contributed by atoms with Crippen LogP contribution in [0.4, 0.5) is 10.1 Å². The fourth-order valence-electron chi connectivity index (χ4n) is 2.53. The van der Waals surface area contributed by atoms with Gasteiger partial charge in [-0.1, -0.05) is 18.1 Å². The summed E-state index contributed by atoms with van der Waals surface area (Å²) in [6.07, 6.45) is 6.07. The molecule has 1 amide bonds. The third kappa shape index (κ3) is 7.56. The zero-order chi connectivity index (χ0) is 19.6. The predicted octanol–water partition coefficient (Wildman–Crippen LogP) is 3.08. The van der Waals surface area contributed by atoms with E-state index in [2.05, 4.69) is 26.9 Å². The summed E-state index contributed by atoms with van der Waals surface area (Å²) in [4.78, 5) is 16.2. The minimum absolute atomic E-state index is 0. The second-order valence-electron chi connectivity index (χ2n) is 5.95. The number of carbonyl (C=O) groups excluding carboxylic acids is 1. The molecule has 2 aromatic rings. The van der Waals surface area contributed by atoms with Gasteiger partial charge in [0.15, 0.2) is 5.96 Å². The number of guanidine groups is 1. The lowest BCUT2D eigenvalue weighted by atomic mass is 10.1. The van der Waals surface area contributed by atoms with E-state index in [0.717, 1.165) is 17.5 Å². The summed E-state index contributed by atoms with van der Waals surface area (Å²) in [5.74, 6) is 2.60. The number of terminal acetylenes is 1. The van der Waals surface area contributed by atoms with Crippen LogP contribution in [0.1, 0.15) is 16.7 Å². The van der Waals surface area contributed by atoms with Crippen LogP contribution >= 0.6 is 24.0 Å². The number of hydrogen-bond donors (Lipinski definition) is 3. The Morgan fingerprint density at radius 1 is 1.21 bits per heavy atom. The highest BCUT2D eigenvalue weighted by molar-refractivity contribution is 14.0. The number of aliphatic imine (C=N–C) groups is 1. The number of amides is 1. The van der Waals surface area contributed by atoms with Crippen LogP contribution < -0.4 is 16.0 Å². The van der Waals surface area contributed by atoms with Gasteiger partial charge >= 0.3 is 0 Å². The van der Waals surface area contributed by atoms with Gasteiger partial charge in [-0.25, -0.2) is 4.39 Å². The molecule has 148 valence electrons. The molecule has 0 unspecified atom stereocenters. The molecule has 0 atom stereocenters. The Morgan fingerprint density at radius 2 is 2.00 bits per heavy atom. The first-order valence-corrected chi connectivity index (χ1v) is 8.58. The second kappa shape index (κ2) is 12.0. The van der Waals surface area contributed by atoms with E-state index in [0.29, 0.717) is 23.8 Å². The van der Waals surface area contributed by atoms with Crippen molar-refractivity contribution >= 4 is 41.5 Å². The van der Waals surface area contributed by atoms with Crippen molar-refractivity contribution in [2.45, 2.75) is 13.3 Å². The molecule has 0 aliphatic heterocycles. The lowest BCUT2D eigenvalue weighted by molar-refractivity contribution is -0.115. The molecular weight excluding hydrogens is 470 g/mol. The highest BCUT2D eigenvalue weighted by Crippen LogP contribution is 2.10. The Hall–Kier alpha value is -2.60. The van der Waals surface area contributed by atoms with Gasteiger partial charge in [0.05, 0.1) is 6.54 Å². The van der Waals surface area contributed by atoms with Crippen LogP contribution in [0.3, 0.4) is 0 Å². The van der Waals surface area contributed by atoms with Crippen molar-refractivity contribution in [1.29, 1.82) is 0 Å². The van der Waals surface area contributed by atoms with Gasteiger partial charge in [-0.2, -0.15) is 0 Å². The maximum Gasteiger partial charge on any atom is 0.243 e. The molecule has 7 heteroatoms. The zero-order valence-electron chi connectivity index (χ0n) is 15.9. The molecule has 0 heterocycles. The fraction of sp³-hybridized carbons (Fsp3) is 0.238. The molecule has 0 saturated carbocycles. The van der Waals surface area contributed by atoms with E-state index in [9.17, 15) is 9.18 Å². The van der Waals surface area contributed by atoms with E-state index in [1.54, 1.807) is 37.4 Å². The average molecular weight is 494 g/mol. The molecule has 3 N–H and O–H groups in total. The van der Waals surface area contributed by atoms with E-state index in [-0.39, 0.29) is 42.2 Å². The predicted molar refractivity (Wildman–Crippen MR) is 123 cm³/mol. The smallest absolute Gasteiger partial charge is 0.243 e. The van der Waals surface area contributed by atoms with E-state index in [4.69, 9.17) is 6.42 Å². The number of carbonyl (C=O) groups is 1. The quantitative estimate of drug-likeness (QED) is 0.251. The minimum Gasteiger partial charge on any atom is -0.356 e. The molecular formula is C21H24FIN4O. The summed E-state index contributed by atoms with van der Waals surface area (Å²) in [6, 6.07) is 11.8. The first kappa shape index (κ1) is 23.4. The van der Waals surface area contributed by atoms with Crippen LogP contribution in [0, 0.1) is 25.1 Å². The van der Waals surface area contributed by atoms with Crippen molar-refractivity contribution in [3.05, 3.63) is 65.0 Å². The van der Waals surface area contributed by atoms with Gasteiger partial charge in [0.25, 0.3) is 0 Å². The Kier molecular flexibility index (Phi) is 10.0.